The lowest BCUT2D eigenvalue weighted by Crippen LogP contribution is -2.18. The molecule has 1 saturated carbocycles. The van der Waals surface area contributed by atoms with Crippen molar-refractivity contribution in [3.63, 3.8) is 0 Å². The zero-order chi connectivity index (χ0) is 12.4. The van der Waals surface area contributed by atoms with E-state index >= 15 is 0 Å². The first-order valence-corrected chi connectivity index (χ1v) is 7.56. The Morgan fingerprint density at radius 3 is 2.59 bits per heavy atom. The molecular weight excluding hydrogens is 254 g/mol. The number of anilines is 1. The van der Waals surface area contributed by atoms with Crippen LogP contribution in [0.15, 0.2) is 0 Å². The molecule has 1 aliphatic rings. The molecule has 1 aromatic rings. The molecule has 0 bridgehead atoms. The Morgan fingerprint density at radius 2 is 1.94 bits per heavy atom. The predicted molar refractivity (Wildman–Crippen MR) is 75.1 cm³/mol. The van der Waals surface area contributed by atoms with Crippen molar-refractivity contribution in [2.45, 2.75) is 44.4 Å². The van der Waals surface area contributed by atoms with Gasteiger partial charge in [-0.1, -0.05) is 11.6 Å². The van der Waals surface area contributed by atoms with Crippen molar-refractivity contribution in [2.24, 2.45) is 0 Å². The van der Waals surface area contributed by atoms with Crippen molar-refractivity contribution in [2.75, 3.05) is 11.6 Å². The van der Waals surface area contributed by atoms with E-state index in [4.69, 9.17) is 11.6 Å². The molecule has 94 valence electrons. The van der Waals surface area contributed by atoms with Crippen LogP contribution in [-0.2, 0) is 0 Å². The van der Waals surface area contributed by atoms with Gasteiger partial charge in [0.15, 0.2) is 11.0 Å². The van der Waals surface area contributed by atoms with Crippen LogP contribution >= 0.6 is 23.4 Å². The Kier molecular flexibility index (Phi) is 4.15. The molecule has 0 aliphatic heterocycles. The van der Waals surface area contributed by atoms with Crippen LogP contribution in [0.1, 0.15) is 30.7 Å². The van der Waals surface area contributed by atoms with Crippen LogP contribution < -0.4 is 5.32 Å². The summed E-state index contributed by atoms with van der Waals surface area (Å²) in [6.07, 6.45) is 5.83. The van der Waals surface area contributed by atoms with E-state index in [1.807, 2.05) is 25.6 Å². The number of rotatable bonds is 3. The molecule has 0 spiro atoms. The summed E-state index contributed by atoms with van der Waals surface area (Å²) < 4.78 is 0. The third-order valence-corrected chi connectivity index (χ3v) is 4.68. The molecule has 0 radical (unpaired) electrons. The second-order valence-electron chi connectivity index (χ2n) is 4.55. The van der Waals surface area contributed by atoms with Crippen LogP contribution in [0.5, 0.6) is 0 Å². The predicted octanol–water partition coefficient (Wildman–Crippen LogP) is 3.44. The molecule has 1 aromatic heterocycles. The lowest BCUT2D eigenvalue weighted by molar-refractivity contribution is 0.749. The molecule has 0 aromatic carbocycles. The average molecular weight is 272 g/mol. The van der Waals surface area contributed by atoms with Gasteiger partial charge in [0, 0.05) is 11.3 Å². The second-order valence-corrected chi connectivity index (χ2v) is 6.04. The first kappa shape index (κ1) is 13.0. The number of aryl methyl sites for hydroxylation is 2. The van der Waals surface area contributed by atoms with Gasteiger partial charge in [-0.15, -0.1) is 0 Å². The summed E-state index contributed by atoms with van der Waals surface area (Å²) in [6.45, 7) is 3.89. The Bertz CT molecular complexity index is 411. The van der Waals surface area contributed by atoms with Crippen molar-refractivity contribution >= 4 is 29.2 Å². The fraction of sp³-hybridized carbons (Fsp3) is 0.667. The number of hydrogen-bond acceptors (Lipinski definition) is 4. The van der Waals surface area contributed by atoms with E-state index in [9.17, 15) is 0 Å². The van der Waals surface area contributed by atoms with Gasteiger partial charge in [-0.25, -0.2) is 9.97 Å². The van der Waals surface area contributed by atoms with E-state index in [2.05, 4.69) is 21.5 Å². The fourth-order valence-corrected chi connectivity index (χ4v) is 3.17. The summed E-state index contributed by atoms with van der Waals surface area (Å²) in [4.78, 5) is 8.76. The second kappa shape index (κ2) is 5.44. The Morgan fingerprint density at radius 1 is 1.24 bits per heavy atom. The molecule has 1 fully saturated rings. The summed E-state index contributed by atoms with van der Waals surface area (Å²) in [5, 5.41) is 4.68. The molecule has 5 heteroatoms. The zero-order valence-corrected chi connectivity index (χ0v) is 12.0. The van der Waals surface area contributed by atoms with E-state index in [0.29, 0.717) is 11.2 Å². The van der Waals surface area contributed by atoms with Crippen LogP contribution in [0.4, 0.5) is 5.82 Å². The number of aromatic nitrogens is 2. The third-order valence-electron chi connectivity index (χ3n) is 3.32. The highest BCUT2D eigenvalue weighted by molar-refractivity contribution is 7.99. The molecule has 0 amide bonds. The van der Waals surface area contributed by atoms with Gasteiger partial charge >= 0.3 is 0 Å². The molecule has 0 saturated heterocycles. The lowest BCUT2D eigenvalue weighted by atomic mass is 10.2. The van der Waals surface area contributed by atoms with Crippen LogP contribution in [-0.4, -0.2) is 27.5 Å². The van der Waals surface area contributed by atoms with Crippen LogP contribution in [0.25, 0.3) is 0 Å². The quantitative estimate of drug-likeness (QED) is 0.914. The van der Waals surface area contributed by atoms with E-state index < -0.39 is 0 Å². The van der Waals surface area contributed by atoms with E-state index in [1.54, 1.807) is 0 Å². The Hall–Kier alpha value is -0.480. The average Bonchev–Trinajstić information content (AvgIpc) is 2.73. The normalized spacial score (nSPS) is 24.0. The standard InChI is InChI=1S/C12H18ClN3S/c1-7-8(2)15-12(11(13)14-7)16-9-4-5-10(6-9)17-3/h9-10H,4-6H2,1-3H3,(H,15,16). The van der Waals surface area contributed by atoms with Gasteiger partial charge in [0.05, 0.1) is 11.4 Å². The van der Waals surface area contributed by atoms with Crippen LogP contribution in [0.3, 0.4) is 0 Å². The molecule has 2 unspecified atom stereocenters. The first-order chi connectivity index (χ1) is 8.10. The highest BCUT2D eigenvalue weighted by Crippen LogP contribution is 2.31. The summed E-state index contributed by atoms with van der Waals surface area (Å²) in [5.41, 5.74) is 1.84. The minimum Gasteiger partial charge on any atom is -0.365 e. The maximum absolute atomic E-state index is 6.11. The van der Waals surface area contributed by atoms with Gasteiger partial charge in [-0.05, 0) is 39.4 Å². The van der Waals surface area contributed by atoms with Crippen molar-refractivity contribution in [3.8, 4) is 0 Å². The summed E-state index contributed by atoms with van der Waals surface area (Å²) in [5.74, 6) is 0.738. The molecule has 2 atom stereocenters. The maximum Gasteiger partial charge on any atom is 0.171 e. The van der Waals surface area contributed by atoms with Crippen molar-refractivity contribution < 1.29 is 0 Å². The van der Waals surface area contributed by atoms with Crippen LogP contribution in [0.2, 0.25) is 5.15 Å². The number of thioether (sulfide) groups is 1. The van der Waals surface area contributed by atoms with E-state index in [-0.39, 0.29) is 0 Å². The summed E-state index contributed by atoms with van der Waals surface area (Å²) >= 11 is 8.06. The minimum atomic E-state index is 0.487. The number of nitrogens with zero attached hydrogens (tertiary/aromatic N) is 2. The Labute approximate surface area is 112 Å². The highest BCUT2D eigenvalue weighted by atomic mass is 35.5. The lowest BCUT2D eigenvalue weighted by Gasteiger charge is -2.15. The van der Waals surface area contributed by atoms with Gasteiger partial charge in [-0.2, -0.15) is 11.8 Å². The molecule has 1 aliphatic carbocycles. The maximum atomic E-state index is 6.11. The van der Waals surface area contributed by atoms with Gasteiger partial charge in [0.2, 0.25) is 0 Å². The molecule has 1 heterocycles. The number of nitrogens with one attached hydrogen (secondary N) is 1. The van der Waals surface area contributed by atoms with E-state index in [0.717, 1.165) is 22.5 Å². The van der Waals surface area contributed by atoms with Gasteiger partial charge in [0.1, 0.15) is 0 Å². The van der Waals surface area contributed by atoms with Crippen LogP contribution in [0, 0.1) is 13.8 Å². The van der Waals surface area contributed by atoms with Gasteiger partial charge < -0.3 is 5.32 Å². The fourth-order valence-electron chi connectivity index (χ4n) is 2.15. The summed E-state index contributed by atoms with van der Waals surface area (Å²) in [6, 6.07) is 0.487. The van der Waals surface area contributed by atoms with Crippen molar-refractivity contribution in [1.82, 2.24) is 9.97 Å². The number of hydrogen-bond donors (Lipinski definition) is 1. The molecular formula is C12H18ClN3S. The summed E-state index contributed by atoms with van der Waals surface area (Å²) in [7, 11) is 0. The molecule has 3 nitrogen and oxygen atoms in total. The third kappa shape index (κ3) is 3.05. The Balaban J connectivity index is 2.06. The zero-order valence-electron chi connectivity index (χ0n) is 10.5. The topological polar surface area (TPSA) is 37.8 Å². The molecule has 2 rings (SSSR count). The van der Waals surface area contributed by atoms with Crippen molar-refractivity contribution in [3.05, 3.63) is 16.5 Å². The molecule has 17 heavy (non-hydrogen) atoms. The van der Waals surface area contributed by atoms with Gasteiger partial charge in [-0.3, -0.25) is 0 Å². The monoisotopic (exact) mass is 271 g/mol. The minimum absolute atomic E-state index is 0.487. The molecule has 1 N–H and O–H groups in total. The first-order valence-electron chi connectivity index (χ1n) is 5.90. The largest absolute Gasteiger partial charge is 0.365 e. The van der Waals surface area contributed by atoms with Gasteiger partial charge in [0.25, 0.3) is 0 Å². The SMILES string of the molecule is CSC1CCC(Nc2nc(C)c(C)nc2Cl)C1. The van der Waals surface area contributed by atoms with Crippen molar-refractivity contribution in [1.29, 1.82) is 0 Å². The smallest absolute Gasteiger partial charge is 0.171 e. The number of halogens is 1. The van der Waals surface area contributed by atoms with E-state index in [1.165, 1.54) is 19.3 Å². The highest BCUT2D eigenvalue weighted by Gasteiger charge is 2.24.